The molecule has 1 unspecified atom stereocenters. The zero-order chi connectivity index (χ0) is 19.1. The summed E-state index contributed by atoms with van der Waals surface area (Å²) in [5.41, 5.74) is 1.55. The third-order valence-electron chi connectivity index (χ3n) is 3.88. The van der Waals surface area contributed by atoms with Crippen LogP contribution in [0.25, 0.3) is 0 Å². The summed E-state index contributed by atoms with van der Waals surface area (Å²) in [5, 5.41) is 6.96. The Morgan fingerprint density at radius 1 is 1.08 bits per heavy atom. The Labute approximate surface area is 163 Å². The first-order valence-corrected chi connectivity index (χ1v) is 8.89. The van der Waals surface area contributed by atoms with Crippen molar-refractivity contribution in [1.82, 2.24) is 10.2 Å². The number of carbonyl (C=O) groups is 2. The molecule has 0 spiro atoms. The maximum atomic E-state index is 12.2. The minimum Gasteiger partial charge on any atom is -0.335 e. The Morgan fingerprint density at radius 2 is 1.73 bits per heavy atom. The molecule has 7 heteroatoms. The monoisotopic (exact) mass is 393 g/mol. The van der Waals surface area contributed by atoms with Crippen LogP contribution in [0.4, 0.5) is 5.69 Å². The van der Waals surface area contributed by atoms with E-state index in [1.807, 2.05) is 31.2 Å². The maximum absolute atomic E-state index is 12.2. The summed E-state index contributed by atoms with van der Waals surface area (Å²) in [7, 11) is 1.59. The SMILES string of the molecule is CC(NCC(=O)N(C)CC(=O)Nc1ccccc1Cl)c1ccc(Cl)cc1. The summed E-state index contributed by atoms with van der Waals surface area (Å²) in [6.45, 7) is 2.03. The topological polar surface area (TPSA) is 61.4 Å². The smallest absolute Gasteiger partial charge is 0.244 e. The number of amides is 2. The van der Waals surface area contributed by atoms with Crippen LogP contribution in [0.1, 0.15) is 18.5 Å². The number of hydrogen-bond donors (Lipinski definition) is 2. The molecule has 2 aromatic carbocycles. The summed E-state index contributed by atoms with van der Waals surface area (Å²) in [6.07, 6.45) is 0. The number of benzene rings is 2. The number of anilines is 1. The average Bonchev–Trinajstić information content (AvgIpc) is 2.61. The molecule has 0 bridgehead atoms. The van der Waals surface area contributed by atoms with Crippen LogP contribution >= 0.6 is 23.2 Å². The van der Waals surface area contributed by atoms with Gasteiger partial charge in [-0.1, -0.05) is 47.5 Å². The Morgan fingerprint density at radius 3 is 2.38 bits per heavy atom. The van der Waals surface area contributed by atoms with E-state index in [1.54, 1.807) is 31.3 Å². The van der Waals surface area contributed by atoms with Gasteiger partial charge >= 0.3 is 0 Å². The lowest BCUT2D eigenvalue weighted by atomic mass is 10.1. The number of carbonyl (C=O) groups excluding carboxylic acids is 2. The first-order valence-electron chi connectivity index (χ1n) is 8.14. The van der Waals surface area contributed by atoms with Crippen LogP contribution in [0.15, 0.2) is 48.5 Å². The molecule has 2 aromatic rings. The van der Waals surface area contributed by atoms with E-state index in [2.05, 4.69) is 10.6 Å². The molecule has 5 nitrogen and oxygen atoms in total. The predicted molar refractivity (Wildman–Crippen MR) is 106 cm³/mol. The highest BCUT2D eigenvalue weighted by Gasteiger charge is 2.15. The van der Waals surface area contributed by atoms with Crippen LogP contribution < -0.4 is 10.6 Å². The average molecular weight is 394 g/mol. The molecule has 0 aromatic heterocycles. The van der Waals surface area contributed by atoms with Crippen molar-refractivity contribution in [3.05, 3.63) is 64.1 Å². The molecule has 2 N–H and O–H groups in total. The molecular formula is C19H21Cl2N3O2. The number of halogens is 2. The molecule has 26 heavy (non-hydrogen) atoms. The Bertz CT molecular complexity index is 766. The van der Waals surface area contributed by atoms with E-state index >= 15 is 0 Å². The fourth-order valence-electron chi connectivity index (χ4n) is 2.30. The molecule has 0 radical (unpaired) electrons. The molecule has 0 heterocycles. The summed E-state index contributed by atoms with van der Waals surface area (Å²) in [4.78, 5) is 25.7. The molecule has 0 saturated heterocycles. The maximum Gasteiger partial charge on any atom is 0.244 e. The normalized spacial score (nSPS) is 11.7. The van der Waals surface area contributed by atoms with Crippen molar-refractivity contribution in [2.75, 3.05) is 25.5 Å². The van der Waals surface area contributed by atoms with Crippen molar-refractivity contribution in [1.29, 1.82) is 0 Å². The van der Waals surface area contributed by atoms with Crippen molar-refractivity contribution < 1.29 is 9.59 Å². The number of para-hydroxylation sites is 1. The van der Waals surface area contributed by atoms with Crippen LogP contribution in [0.5, 0.6) is 0 Å². The van der Waals surface area contributed by atoms with E-state index in [1.165, 1.54) is 4.90 Å². The highest BCUT2D eigenvalue weighted by Crippen LogP contribution is 2.20. The third kappa shape index (κ3) is 6.02. The van der Waals surface area contributed by atoms with Crippen molar-refractivity contribution in [3.8, 4) is 0 Å². The van der Waals surface area contributed by atoms with Gasteiger partial charge in [-0.15, -0.1) is 0 Å². The molecule has 0 aliphatic heterocycles. The zero-order valence-corrected chi connectivity index (χ0v) is 16.1. The molecular weight excluding hydrogens is 373 g/mol. The lowest BCUT2D eigenvalue weighted by Gasteiger charge is -2.19. The molecule has 0 saturated carbocycles. The summed E-state index contributed by atoms with van der Waals surface area (Å²) < 4.78 is 0. The summed E-state index contributed by atoms with van der Waals surface area (Å²) >= 11 is 11.9. The fraction of sp³-hybridized carbons (Fsp3) is 0.263. The molecule has 2 amide bonds. The van der Waals surface area contributed by atoms with E-state index in [9.17, 15) is 9.59 Å². The second-order valence-corrected chi connectivity index (χ2v) is 6.78. The second-order valence-electron chi connectivity index (χ2n) is 5.93. The van der Waals surface area contributed by atoms with Gasteiger partial charge in [0.1, 0.15) is 0 Å². The van der Waals surface area contributed by atoms with Gasteiger partial charge in [-0.2, -0.15) is 0 Å². The molecule has 0 aliphatic carbocycles. The van der Waals surface area contributed by atoms with Crippen LogP contribution in [-0.4, -0.2) is 36.9 Å². The summed E-state index contributed by atoms with van der Waals surface area (Å²) in [6, 6.07) is 14.4. The number of nitrogens with one attached hydrogen (secondary N) is 2. The van der Waals surface area contributed by atoms with E-state index < -0.39 is 0 Å². The standard InChI is InChI=1S/C19H21Cl2N3O2/c1-13(14-7-9-15(20)10-8-14)22-11-19(26)24(2)12-18(25)23-17-6-4-3-5-16(17)21/h3-10,13,22H,11-12H2,1-2H3,(H,23,25). The van der Waals surface area contributed by atoms with Crippen molar-refractivity contribution >= 4 is 40.7 Å². The van der Waals surface area contributed by atoms with Gasteiger partial charge in [0, 0.05) is 18.1 Å². The highest BCUT2D eigenvalue weighted by molar-refractivity contribution is 6.33. The molecule has 2 rings (SSSR count). The first kappa shape index (κ1) is 20.2. The first-order chi connectivity index (χ1) is 12.4. The lowest BCUT2D eigenvalue weighted by molar-refractivity contribution is -0.132. The van der Waals surface area contributed by atoms with E-state index in [-0.39, 0.29) is 30.9 Å². The van der Waals surface area contributed by atoms with Gasteiger partial charge in [-0.25, -0.2) is 0 Å². The van der Waals surface area contributed by atoms with E-state index in [0.29, 0.717) is 15.7 Å². The lowest BCUT2D eigenvalue weighted by Crippen LogP contribution is -2.40. The summed E-state index contributed by atoms with van der Waals surface area (Å²) in [5.74, 6) is -0.486. The number of hydrogen-bond acceptors (Lipinski definition) is 3. The Balaban J connectivity index is 1.80. The van der Waals surface area contributed by atoms with E-state index in [4.69, 9.17) is 23.2 Å². The van der Waals surface area contributed by atoms with Crippen LogP contribution in [0.2, 0.25) is 10.0 Å². The van der Waals surface area contributed by atoms with Crippen molar-refractivity contribution in [2.45, 2.75) is 13.0 Å². The Hall–Kier alpha value is -2.08. The van der Waals surface area contributed by atoms with E-state index in [0.717, 1.165) is 5.56 Å². The largest absolute Gasteiger partial charge is 0.335 e. The van der Waals surface area contributed by atoms with Gasteiger partial charge in [-0.3, -0.25) is 9.59 Å². The number of rotatable bonds is 7. The zero-order valence-electron chi connectivity index (χ0n) is 14.6. The minimum atomic E-state index is -0.306. The molecule has 0 fully saturated rings. The second kappa shape index (κ2) is 9.57. The predicted octanol–water partition coefficient (Wildman–Crippen LogP) is 3.74. The Kier molecular flexibility index (Phi) is 7.45. The third-order valence-corrected chi connectivity index (χ3v) is 4.47. The minimum absolute atomic E-state index is 0.0124. The van der Waals surface area contributed by atoms with Crippen molar-refractivity contribution in [3.63, 3.8) is 0 Å². The van der Waals surface area contributed by atoms with Gasteiger partial charge in [0.2, 0.25) is 11.8 Å². The highest BCUT2D eigenvalue weighted by atomic mass is 35.5. The van der Waals surface area contributed by atoms with Gasteiger partial charge in [0.05, 0.1) is 23.8 Å². The van der Waals surface area contributed by atoms with Gasteiger partial charge < -0.3 is 15.5 Å². The fourth-order valence-corrected chi connectivity index (χ4v) is 2.61. The molecule has 0 aliphatic rings. The number of nitrogens with zero attached hydrogens (tertiary/aromatic N) is 1. The molecule has 1 atom stereocenters. The quantitative estimate of drug-likeness (QED) is 0.752. The van der Waals surface area contributed by atoms with Crippen LogP contribution in [-0.2, 0) is 9.59 Å². The molecule has 138 valence electrons. The van der Waals surface area contributed by atoms with Gasteiger partial charge in [0.15, 0.2) is 0 Å². The van der Waals surface area contributed by atoms with Crippen molar-refractivity contribution in [2.24, 2.45) is 0 Å². The van der Waals surface area contributed by atoms with Crippen LogP contribution in [0.3, 0.4) is 0 Å². The van der Waals surface area contributed by atoms with Gasteiger partial charge in [-0.05, 0) is 36.8 Å². The number of likely N-dealkylation sites (N-methyl/N-ethyl adjacent to an activating group) is 1. The van der Waals surface area contributed by atoms with Crippen LogP contribution in [0, 0.1) is 0 Å². The van der Waals surface area contributed by atoms with Gasteiger partial charge in [0.25, 0.3) is 0 Å².